The summed E-state index contributed by atoms with van der Waals surface area (Å²) in [6.45, 7) is 3.83. The summed E-state index contributed by atoms with van der Waals surface area (Å²) in [5.74, 6) is 2.56. The van der Waals surface area contributed by atoms with Gasteiger partial charge in [-0.3, -0.25) is 0 Å². The van der Waals surface area contributed by atoms with Crippen LogP contribution in [0.2, 0.25) is 0 Å². The average Bonchev–Trinajstić information content (AvgIpc) is 2.45. The van der Waals surface area contributed by atoms with Gasteiger partial charge in [0.25, 0.3) is 0 Å². The van der Waals surface area contributed by atoms with E-state index in [1.807, 2.05) is 0 Å². The number of fused-ring (bicyclic) bond motifs is 2. The zero-order chi connectivity index (χ0) is 6.27. The first-order valence-corrected chi connectivity index (χ1v) is 3.71. The van der Waals surface area contributed by atoms with Crippen LogP contribution in [0, 0.1) is 17.8 Å². The summed E-state index contributed by atoms with van der Waals surface area (Å²) in [7, 11) is 0. The van der Waals surface area contributed by atoms with Crippen LogP contribution in [-0.2, 0) is 0 Å². The Morgan fingerprint density at radius 1 is 1.33 bits per heavy atom. The maximum atomic E-state index is 3.83. The number of allylic oxidation sites excluding steroid dienone is 3. The molecule has 0 heteroatoms. The molecule has 0 aromatic carbocycles. The minimum absolute atomic E-state index is 0.806. The van der Waals surface area contributed by atoms with Crippen molar-refractivity contribution in [3.8, 4) is 0 Å². The second-order valence-corrected chi connectivity index (χ2v) is 3.18. The standard InChI is InChI=1S/C9H12/c1-2-8-5-7-3-4-9(8)6-7/h2-4,7-9H,1,5-6H2/t7-,8?,9-/m1/s1. The molecule has 2 bridgehead atoms. The molecule has 1 saturated carbocycles. The van der Waals surface area contributed by atoms with Crippen LogP contribution in [0.5, 0.6) is 0 Å². The molecule has 0 amide bonds. The van der Waals surface area contributed by atoms with Crippen molar-refractivity contribution in [1.29, 1.82) is 0 Å². The van der Waals surface area contributed by atoms with Gasteiger partial charge in [-0.2, -0.15) is 0 Å². The molecule has 0 aromatic rings. The van der Waals surface area contributed by atoms with Crippen molar-refractivity contribution in [3.05, 3.63) is 24.8 Å². The van der Waals surface area contributed by atoms with Gasteiger partial charge >= 0.3 is 0 Å². The van der Waals surface area contributed by atoms with Gasteiger partial charge in [-0.05, 0) is 30.6 Å². The van der Waals surface area contributed by atoms with E-state index in [4.69, 9.17) is 0 Å². The normalized spacial score (nSPS) is 46.0. The summed E-state index contributed by atoms with van der Waals surface area (Å²) in [4.78, 5) is 0. The van der Waals surface area contributed by atoms with E-state index in [0.717, 1.165) is 17.8 Å². The Morgan fingerprint density at radius 2 is 2.22 bits per heavy atom. The number of hydrogen-bond donors (Lipinski definition) is 0. The molecule has 0 aromatic heterocycles. The first-order valence-electron chi connectivity index (χ1n) is 3.71. The van der Waals surface area contributed by atoms with Crippen LogP contribution < -0.4 is 0 Å². The molecule has 0 N–H and O–H groups in total. The molecule has 1 unspecified atom stereocenters. The summed E-state index contributed by atoms with van der Waals surface area (Å²) >= 11 is 0. The van der Waals surface area contributed by atoms with E-state index in [2.05, 4.69) is 24.8 Å². The van der Waals surface area contributed by atoms with E-state index >= 15 is 0 Å². The summed E-state index contributed by atoms with van der Waals surface area (Å²) in [5, 5.41) is 0. The lowest BCUT2D eigenvalue weighted by molar-refractivity contribution is 0.551. The van der Waals surface area contributed by atoms with E-state index in [9.17, 15) is 0 Å². The molecule has 48 valence electrons. The zero-order valence-corrected chi connectivity index (χ0v) is 5.59. The van der Waals surface area contributed by atoms with Gasteiger partial charge in [0.05, 0.1) is 0 Å². The molecule has 0 saturated heterocycles. The fourth-order valence-corrected chi connectivity index (χ4v) is 2.09. The van der Waals surface area contributed by atoms with Crippen molar-refractivity contribution >= 4 is 0 Å². The fraction of sp³-hybridized carbons (Fsp3) is 0.556. The maximum absolute atomic E-state index is 3.83. The zero-order valence-electron chi connectivity index (χ0n) is 5.59. The molecule has 2 aliphatic rings. The number of rotatable bonds is 1. The van der Waals surface area contributed by atoms with Gasteiger partial charge < -0.3 is 0 Å². The largest absolute Gasteiger partial charge is 0.103 e. The van der Waals surface area contributed by atoms with Gasteiger partial charge in [-0.1, -0.05) is 18.2 Å². The van der Waals surface area contributed by atoms with Crippen LogP contribution >= 0.6 is 0 Å². The predicted octanol–water partition coefficient (Wildman–Crippen LogP) is 2.38. The van der Waals surface area contributed by atoms with Crippen LogP contribution in [0.3, 0.4) is 0 Å². The maximum Gasteiger partial charge on any atom is -0.0165 e. The predicted molar refractivity (Wildman–Crippen MR) is 39.0 cm³/mol. The molecular formula is C9H12. The van der Waals surface area contributed by atoms with Crippen molar-refractivity contribution in [2.75, 3.05) is 0 Å². The highest BCUT2D eigenvalue weighted by molar-refractivity contribution is 5.13. The molecule has 2 rings (SSSR count). The molecule has 1 fully saturated rings. The summed E-state index contributed by atoms with van der Waals surface area (Å²) in [6, 6.07) is 0. The lowest BCUT2D eigenvalue weighted by Gasteiger charge is -2.11. The second-order valence-electron chi connectivity index (χ2n) is 3.18. The molecular weight excluding hydrogens is 108 g/mol. The SMILES string of the molecule is C=CC1C[C@H]2C=C[C@@H]1C2. The van der Waals surface area contributed by atoms with Crippen molar-refractivity contribution in [1.82, 2.24) is 0 Å². The molecule has 3 atom stereocenters. The van der Waals surface area contributed by atoms with Gasteiger partial charge in [0, 0.05) is 0 Å². The fourth-order valence-electron chi connectivity index (χ4n) is 2.09. The molecule has 9 heavy (non-hydrogen) atoms. The quantitative estimate of drug-likeness (QED) is 0.466. The Labute approximate surface area is 56.3 Å². The lowest BCUT2D eigenvalue weighted by atomic mass is 9.94. The first kappa shape index (κ1) is 5.28. The van der Waals surface area contributed by atoms with Gasteiger partial charge in [-0.15, -0.1) is 6.58 Å². The highest BCUT2D eigenvalue weighted by Crippen LogP contribution is 2.43. The van der Waals surface area contributed by atoms with Crippen LogP contribution in [0.1, 0.15) is 12.8 Å². The summed E-state index contributed by atoms with van der Waals surface area (Å²) < 4.78 is 0. The smallest absolute Gasteiger partial charge is 0.0165 e. The van der Waals surface area contributed by atoms with E-state index in [-0.39, 0.29) is 0 Å². The van der Waals surface area contributed by atoms with E-state index in [1.165, 1.54) is 12.8 Å². The van der Waals surface area contributed by atoms with E-state index < -0.39 is 0 Å². The van der Waals surface area contributed by atoms with Crippen LogP contribution in [0.15, 0.2) is 24.8 Å². The van der Waals surface area contributed by atoms with Crippen molar-refractivity contribution in [2.45, 2.75) is 12.8 Å². The minimum atomic E-state index is 0.806. The Balaban J connectivity index is 2.19. The van der Waals surface area contributed by atoms with Crippen LogP contribution in [0.25, 0.3) is 0 Å². The second kappa shape index (κ2) is 1.73. The Bertz CT molecular complexity index is 155. The molecule has 0 radical (unpaired) electrons. The van der Waals surface area contributed by atoms with Gasteiger partial charge in [-0.25, -0.2) is 0 Å². The molecule has 2 aliphatic carbocycles. The molecule has 0 spiro atoms. The van der Waals surface area contributed by atoms with Gasteiger partial charge in [0.15, 0.2) is 0 Å². The Morgan fingerprint density at radius 3 is 2.56 bits per heavy atom. The van der Waals surface area contributed by atoms with Crippen LogP contribution in [0.4, 0.5) is 0 Å². The number of hydrogen-bond acceptors (Lipinski definition) is 0. The lowest BCUT2D eigenvalue weighted by Crippen LogP contribution is -2.01. The van der Waals surface area contributed by atoms with Crippen molar-refractivity contribution in [3.63, 3.8) is 0 Å². The van der Waals surface area contributed by atoms with E-state index in [0.29, 0.717) is 0 Å². The Kier molecular flexibility index (Phi) is 1.01. The van der Waals surface area contributed by atoms with Crippen LogP contribution in [-0.4, -0.2) is 0 Å². The van der Waals surface area contributed by atoms with Gasteiger partial charge in [0.2, 0.25) is 0 Å². The molecule has 0 heterocycles. The summed E-state index contributed by atoms with van der Waals surface area (Å²) in [5.41, 5.74) is 0. The third-order valence-electron chi connectivity index (χ3n) is 2.63. The third kappa shape index (κ3) is 0.658. The topological polar surface area (TPSA) is 0 Å². The average molecular weight is 120 g/mol. The molecule has 0 aliphatic heterocycles. The highest BCUT2D eigenvalue weighted by Gasteiger charge is 2.33. The van der Waals surface area contributed by atoms with Gasteiger partial charge in [0.1, 0.15) is 0 Å². The van der Waals surface area contributed by atoms with Crippen molar-refractivity contribution < 1.29 is 0 Å². The third-order valence-corrected chi connectivity index (χ3v) is 2.63. The first-order chi connectivity index (χ1) is 4.40. The van der Waals surface area contributed by atoms with E-state index in [1.54, 1.807) is 0 Å². The Hall–Kier alpha value is -0.520. The highest BCUT2D eigenvalue weighted by atomic mass is 14.4. The van der Waals surface area contributed by atoms with Crippen molar-refractivity contribution in [2.24, 2.45) is 17.8 Å². The minimum Gasteiger partial charge on any atom is -0.103 e. The molecule has 0 nitrogen and oxygen atoms in total. The monoisotopic (exact) mass is 120 g/mol. The summed E-state index contributed by atoms with van der Waals surface area (Å²) in [6.07, 6.45) is 9.61.